The Morgan fingerprint density at radius 1 is 1.24 bits per heavy atom. The van der Waals surface area contributed by atoms with Crippen LogP contribution in [0.1, 0.15) is 27.9 Å². The summed E-state index contributed by atoms with van der Waals surface area (Å²) in [5, 5.41) is 3.13. The summed E-state index contributed by atoms with van der Waals surface area (Å²) in [7, 11) is 4.73. The number of halogens is 3. The van der Waals surface area contributed by atoms with Crippen LogP contribution in [0.25, 0.3) is 0 Å². The minimum Gasteiger partial charge on any atom is -0.496 e. The molecular formula is C24H29F3N2O4S. The average molecular weight is 499 g/mol. The molecule has 0 spiro atoms. The lowest BCUT2D eigenvalue weighted by atomic mass is 9.80. The molecule has 2 aromatic carbocycles. The first-order valence-electron chi connectivity index (χ1n) is 10.6. The van der Waals surface area contributed by atoms with E-state index < -0.39 is 23.2 Å². The number of likely N-dealkylation sites (N-methyl/N-ethyl adjacent to an activating group) is 1. The molecule has 0 radical (unpaired) electrons. The number of amides is 1. The fourth-order valence-electron chi connectivity index (χ4n) is 4.37. The molecule has 1 heterocycles. The standard InChI is InChI=1S/C24H29F3N2O4S/c1-29-13-18(33-15-31-2)12-23(14-29,16-8-6-5-7-9-16)28-22(30)21-19(32-3)10-17(24(25,26)27)11-20(21)34-4/h5-11,18H,12-15H2,1-4H3,(H,28,30)/t18-,23-/m1/s1. The van der Waals surface area contributed by atoms with Gasteiger partial charge in [0.1, 0.15) is 12.5 Å². The van der Waals surface area contributed by atoms with E-state index in [0.717, 1.165) is 29.5 Å². The van der Waals surface area contributed by atoms with E-state index in [9.17, 15) is 18.0 Å². The van der Waals surface area contributed by atoms with E-state index in [1.54, 1.807) is 13.4 Å². The molecule has 6 nitrogen and oxygen atoms in total. The van der Waals surface area contributed by atoms with Crippen molar-refractivity contribution >= 4 is 17.7 Å². The zero-order valence-corrected chi connectivity index (χ0v) is 20.4. The van der Waals surface area contributed by atoms with Crippen molar-refractivity contribution in [3.05, 3.63) is 59.2 Å². The summed E-state index contributed by atoms with van der Waals surface area (Å²) in [4.78, 5) is 15.9. The molecule has 0 aromatic heterocycles. The van der Waals surface area contributed by atoms with Crippen LogP contribution < -0.4 is 10.1 Å². The van der Waals surface area contributed by atoms with Gasteiger partial charge in [0.2, 0.25) is 0 Å². The molecule has 2 aromatic rings. The first kappa shape index (κ1) is 26.3. The van der Waals surface area contributed by atoms with E-state index in [2.05, 4.69) is 10.2 Å². The number of methoxy groups -OCH3 is 2. The van der Waals surface area contributed by atoms with Gasteiger partial charge in [0.25, 0.3) is 5.91 Å². The molecule has 1 aliphatic rings. The number of benzene rings is 2. The van der Waals surface area contributed by atoms with Gasteiger partial charge in [0.15, 0.2) is 0 Å². The van der Waals surface area contributed by atoms with E-state index in [-0.39, 0.29) is 29.1 Å². The molecule has 10 heteroatoms. The molecule has 1 saturated heterocycles. The smallest absolute Gasteiger partial charge is 0.416 e. The molecule has 1 aliphatic heterocycles. The SMILES string of the molecule is COCO[C@H]1CN(C)C[C@@](NC(=O)c2c(OC)cc(C(F)(F)F)cc2SC)(c2ccccc2)C1. The number of piperidine rings is 1. The number of alkyl halides is 3. The van der Waals surface area contributed by atoms with Crippen LogP contribution in [0.2, 0.25) is 0 Å². The molecule has 0 bridgehead atoms. The Morgan fingerprint density at radius 3 is 2.53 bits per heavy atom. The van der Waals surface area contributed by atoms with Crippen molar-refractivity contribution in [2.45, 2.75) is 29.1 Å². The van der Waals surface area contributed by atoms with E-state index in [1.165, 1.54) is 7.11 Å². The highest BCUT2D eigenvalue weighted by molar-refractivity contribution is 7.98. The predicted octanol–water partition coefficient (Wildman–Crippen LogP) is 4.39. The number of hydrogen-bond acceptors (Lipinski definition) is 6. The lowest BCUT2D eigenvalue weighted by Crippen LogP contribution is -2.59. The second kappa shape index (κ2) is 11.0. The minimum absolute atomic E-state index is 0.0703. The number of nitrogens with one attached hydrogen (secondary N) is 1. The summed E-state index contributed by atoms with van der Waals surface area (Å²) in [5.41, 5.74) is -0.764. The first-order chi connectivity index (χ1) is 16.1. The van der Waals surface area contributed by atoms with Gasteiger partial charge in [-0.15, -0.1) is 11.8 Å². The summed E-state index contributed by atoms with van der Waals surface area (Å²) < 4.78 is 56.4. The summed E-state index contributed by atoms with van der Waals surface area (Å²) in [5.74, 6) is -0.643. The van der Waals surface area contributed by atoms with Crippen molar-refractivity contribution in [3.63, 3.8) is 0 Å². The van der Waals surface area contributed by atoms with Crippen LogP contribution in [0.15, 0.2) is 47.4 Å². The average Bonchev–Trinajstić information content (AvgIpc) is 2.81. The van der Waals surface area contributed by atoms with Gasteiger partial charge in [-0.2, -0.15) is 13.2 Å². The number of ether oxygens (including phenoxy) is 3. The molecular weight excluding hydrogens is 469 g/mol. The van der Waals surface area contributed by atoms with Gasteiger partial charge in [0.05, 0.1) is 29.9 Å². The fraction of sp³-hybridized carbons (Fsp3) is 0.458. The Balaban J connectivity index is 2.05. The first-order valence-corrected chi connectivity index (χ1v) is 11.9. The minimum atomic E-state index is -4.56. The van der Waals surface area contributed by atoms with Crippen molar-refractivity contribution in [2.24, 2.45) is 0 Å². The third kappa shape index (κ3) is 5.86. The van der Waals surface area contributed by atoms with Gasteiger partial charge in [-0.25, -0.2) is 0 Å². The van der Waals surface area contributed by atoms with Crippen LogP contribution in [0.5, 0.6) is 5.75 Å². The van der Waals surface area contributed by atoms with Crippen LogP contribution in [-0.2, 0) is 21.2 Å². The molecule has 1 fully saturated rings. The van der Waals surface area contributed by atoms with E-state index in [4.69, 9.17) is 14.2 Å². The third-order valence-corrected chi connectivity index (χ3v) is 6.55. The lowest BCUT2D eigenvalue weighted by molar-refractivity contribution is -0.137. The molecule has 34 heavy (non-hydrogen) atoms. The van der Waals surface area contributed by atoms with Crippen LogP contribution >= 0.6 is 11.8 Å². The van der Waals surface area contributed by atoms with Gasteiger partial charge in [-0.3, -0.25) is 4.79 Å². The Kier molecular flexibility index (Phi) is 8.51. The quantitative estimate of drug-likeness (QED) is 0.431. The fourth-order valence-corrected chi connectivity index (χ4v) is 5.02. The number of hydrogen-bond donors (Lipinski definition) is 1. The number of thioether (sulfide) groups is 1. The predicted molar refractivity (Wildman–Crippen MR) is 124 cm³/mol. The van der Waals surface area contributed by atoms with Gasteiger partial charge < -0.3 is 24.4 Å². The van der Waals surface area contributed by atoms with E-state index in [0.29, 0.717) is 19.5 Å². The topological polar surface area (TPSA) is 60.0 Å². The maximum absolute atomic E-state index is 13.7. The number of nitrogens with zero attached hydrogens (tertiary/aromatic N) is 1. The Labute approximate surface area is 201 Å². The number of carbonyl (C=O) groups excluding carboxylic acids is 1. The van der Waals surface area contributed by atoms with Crippen molar-refractivity contribution in [1.29, 1.82) is 0 Å². The highest BCUT2D eigenvalue weighted by atomic mass is 32.2. The Hall–Kier alpha value is -2.27. The second-order valence-electron chi connectivity index (χ2n) is 8.25. The van der Waals surface area contributed by atoms with Gasteiger partial charge in [-0.1, -0.05) is 30.3 Å². The van der Waals surface area contributed by atoms with Crippen LogP contribution in [0, 0.1) is 0 Å². The number of rotatable bonds is 8. The van der Waals surface area contributed by atoms with Gasteiger partial charge in [0, 0.05) is 31.5 Å². The van der Waals surface area contributed by atoms with Crippen molar-refractivity contribution in [3.8, 4) is 5.75 Å². The molecule has 1 N–H and O–H groups in total. The van der Waals surface area contributed by atoms with E-state index >= 15 is 0 Å². The highest BCUT2D eigenvalue weighted by Crippen LogP contribution is 2.39. The molecule has 1 amide bonds. The van der Waals surface area contributed by atoms with Crippen LogP contribution in [-0.4, -0.2) is 64.3 Å². The zero-order chi connectivity index (χ0) is 24.9. The largest absolute Gasteiger partial charge is 0.496 e. The molecule has 3 rings (SSSR count). The van der Waals surface area contributed by atoms with Crippen molar-refractivity contribution in [2.75, 3.05) is 47.4 Å². The second-order valence-corrected chi connectivity index (χ2v) is 9.10. The monoisotopic (exact) mass is 498 g/mol. The Morgan fingerprint density at radius 2 is 1.94 bits per heavy atom. The van der Waals surface area contributed by atoms with Crippen LogP contribution in [0.3, 0.4) is 0 Å². The number of likely N-dealkylation sites (tertiary alicyclic amines) is 1. The number of carbonyl (C=O) groups is 1. The summed E-state index contributed by atoms with van der Waals surface area (Å²) in [6.07, 6.45) is -2.69. The third-order valence-electron chi connectivity index (χ3n) is 5.79. The summed E-state index contributed by atoms with van der Waals surface area (Å²) >= 11 is 1.06. The maximum Gasteiger partial charge on any atom is 0.416 e. The highest BCUT2D eigenvalue weighted by Gasteiger charge is 2.43. The van der Waals surface area contributed by atoms with Crippen molar-refractivity contribution in [1.82, 2.24) is 10.2 Å². The van der Waals surface area contributed by atoms with Crippen molar-refractivity contribution < 1.29 is 32.2 Å². The summed E-state index contributed by atoms with van der Waals surface area (Å²) in [6, 6.07) is 11.3. The summed E-state index contributed by atoms with van der Waals surface area (Å²) in [6.45, 7) is 1.25. The lowest BCUT2D eigenvalue weighted by Gasteiger charge is -2.45. The molecule has 0 unspecified atom stereocenters. The van der Waals surface area contributed by atoms with E-state index in [1.807, 2.05) is 37.4 Å². The zero-order valence-electron chi connectivity index (χ0n) is 19.6. The normalized spacial score (nSPS) is 21.3. The Bertz CT molecular complexity index is 965. The molecule has 0 saturated carbocycles. The molecule has 0 aliphatic carbocycles. The molecule has 186 valence electrons. The maximum atomic E-state index is 13.7. The van der Waals surface area contributed by atoms with Crippen LogP contribution in [0.4, 0.5) is 13.2 Å². The van der Waals surface area contributed by atoms with Gasteiger partial charge >= 0.3 is 6.18 Å². The molecule has 2 atom stereocenters. The van der Waals surface area contributed by atoms with Gasteiger partial charge in [-0.05, 0) is 31.0 Å².